The fourth-order valence-electron chi connectivity index (χ4n) is 1.08. The van der Waals surface area contributed by atoms with Crippen molar-refractivity contribution in [1.29, 1.82) is 0 Å². The Morgan fingerprint density at radius 1 is 1.42 bits per heavy atom. The molecule has 0 atom stereocenters. The molecule has 0 aliphatic carbocycles. The van der Waals surface area contributed by atoms with E-state index in [2.05, 4.69) is 29.0 Å². The van der Waals surface area contributed by atoms with Crippen LogP contribution >= 0.6 is 12.6 Å². The number of thiol groups is 1. The molecule has 0 aliphatic rings. The molecule has 0 bridgehead atoms. The molecule has 0 saturated carbocycles. The van der Waals surface area contributed by atoms with E-state index >= 15 is 0 Å². The summed E-state index contributed by atoms with van der Waals surface area (Å²) in [7, 11) is 0. The van der Waals surface area contributed by atoms with Crippen molar-refractivity contribution in [3.05, 3.63) is 24.0 Å². The largest absolute Gasteiger partial charge is 0.365 e. The maximum Gasteiger partial charge on any atom is 0.0159 e. The van der Waals surface area contributed by atoms with Gasteiger partial charge in [-0.25, -0.2) is 0 Å². The maximum absolute atomic E-state index is 4.14. The van der Waals surface area contributed by atoms with Crippen LogP contribution in [-0.4, -0.2) is 23.8 Å². The van der Waals surface area contributed by atoms with E-state index in [4.69, 9.17) is 0 Å². The predicted molar refractivity (Wildman–Crippen MR) is 55.8 cm³/mol. The van der Waals surface area contributed by atoms with Gasteiger partial charge in [0.2, 0.25) is 0 Å². The quantitative estimate of drug-likeness (QED) is 0.453. The maximum atomic E-state index is 4.14. The zero-order chi connectivity index (χ0) is 8.65. The van der Waals surface area contributed by atoms with E-state index in [0.717, 1.165) is 31.7 Å². The van der Waals surface area contributed by atoms with Gasteiger partial charge in [-0.1, -0.05) is 0 Å². The standard InChI is InChI=1S/C9H16N2S/c12-8-2-5-10-7-4-9-3-1-6-11-9/h1,3,6,10-12H,2,4-5,7-8H2. The number of rotatable bonds is 6. The molecule has 1 rings (SSSR count). The Bertz CT molecular complexity index is 184. The minimum atomic E-state index is 0.968. The molecule has 0 amide bonds. The van der Waals surface area contributed by atoms with Crippen LogP contribution in [0, 0.1) is 0 Å². The van der Waals surface area contributed by atoms with E-state index in [1.54, 1.807) is 0 Å². The summed E-state index contributed by atoms with van der Waals surface area (Å²) in [5.41, 5.74) is 1.30. The Morgan fingerprint density at radius 2 is 2.33 bits per heavy atom. The van der Waals surface area contributed by atoms with Crippen molar-refractivity contribution in [3.8, 4) is 0 Å². The summed E-state index contributed by atoms with van der Waals surface area (Å²) >= 11 is 4.14. The molecule has 1 aromatic heterocycles. The minimum Gasteiger partial charge on any atom is -0.365 e. The second-order valence-electron chi connectivity index (χ2n) is 2.77. The molecule has 2 N–H and O–H groups in total. The smallest absolute Gasteiger partial charge is 0.0159 e. The average molecular weight is 184 g/mol. The van der Waals surface area contributed by atoms with Gasteiger partial charge >= 0.3 is 0 Å². The fourth-order valence-corrected chi connectivity index (χ4v) is 1.23. The average Bonchev–Trinajstić information content (AvgIpc) is 2.57. The van der Waals surface area contributed by atoms with Gasteiger partial charge in [0.25, 0.3) is 0 Å². The van der Waals surface area contributed by atoms with Crippen molar-refractivity contribution in [2.45, 2.75) is 12.8 Å². The summed E-state index contributed by atoms with van der Waals surface area (Å²) in [6.07, 6.45) is 4.19. The SMILES string of the molecule is SCCCNCCc1ccc[nH]1. The molecule has 0 aromatic carbocycles. The predicted octanol–water partition coefficient (Wildman–Crippen LogP) is 1.47. The van der Waals surface area contributed by atoms with Crippen LogP contribution < -0.4 is 5.32 Å². The second-order valence-corrected chi connectivity index (χ2v) is 3.22. The molecule has 0 radical (unpaired) electrons. The van der Waals surface area contributed by atoms with Crippen LogP contribution in [0.4, 0.5) is 0 Å². The Balaban J connectivity index is 1.96. The first kappa shape index (κ1) is 9.68. The number of hydrogen-bond acceptors (Lipinski definition) is 2. The topological polar surface area (TPSA) is 27.8 Å². The van der Waals surface area contributed by atoms with Gasteiger partial charge < -0.3 is 10.3 Å². The van der Waals surface area contributed by atoms with Crippen molar-refractivity contribution in [1.82, 2.24) is 10.3 Å². The first-order valence-electron chi connectivity index (χ1n) is 4.37. The highest BCUT2D eigenvalue weighted by atomic mass is 32.1. The molecule has 0 saturated heterocycles. The van der Waals surface area contributed by atoms with Crippen molar-refractivity contribution in [2.24, 2.45) is 0 Å². The molecule has 3 heteroatoms. The molecule has 2 nitrogen and oxygen atoms in total. The third-order valence-electron chi connectivity index (χ3n) is 1.75. The van der Waals surface area contributed by atoms with Gasteiger partial charge in [0.1, 0.15) is 0 Å². The van der Waals surface area contributed by atoms with Crippen LogP contribution in [0.25, 0.3) is 0 Å². The molecule has 0 fully saturated rings. The van der Waals surface area contributed by atoms with Crippen LogP contribution in [0.15, 0.2) is 18.3 Å². The Labute approximate surface area is 79.2 Å². The molecule has 0 spiro atoms. The highest BCUT2D eigenvalue weighted by Gasteiger charge is 1.91. The molecular formula is C9H16N2S. The summed E-state index contributed by atoms with van der Waals surface area (Å²) in [5, 5.41) is 3.36. The molecular weight excluding hydrogens is 168 g/mol. The number of aromatic amines is 1. The van der Waals surface area contributed by atoms with Crippen molar-refractivity contribution in [3.63, 3.8) is 0 Å². The van der Waals surface area contributed by atoms with E-state index < -0.39 is 0 Å². The first-order chi connectivity index (χ1) is 5.93. The van der Waals surface area contributed by atoms with Gasteiger partial charge in [-0.15, -0.1) is 0 Å². The van der Waals surface area contributed by atoms with Crippen LogP contribution in [0.3, 0.4) is 0 Å². The van der Waals surface area contributed by atoms with Crippen molar-refractivity contribution >= 4 is 12.6 Å². The summed E-state index contributed by atoms with van der Waals surface area (Å²) in [6.45, 7) is 2.12. The summed E-state index contributed by atoms with van der Waals surface area (Å²) in [6, 6.07) is 4.14. The third kappa shape index (κ3) is 3.83. The molecule has 68 valence electrons. The van der Waals surface area contributed by atoms with E-state index in [1.165, 1.54) is 5.69 Å². The van der Waals surface area contributed by atoms with Crippen LogP contribution in [0.5, 0.6) is 0 Å². The van der Waals surface area contributed by atoms with E-state index in [1.807, 2.05) is 12.3 Å². The molecule has 0 aliphatic heterocycles. The van der Waals surface area contributed by atoms with Gasteiger partial charge in [-0.3, -0.25) is 0 Å². The lowest BCUT2D eigenvalue weighted by Crippen LogP contribution is -2.18. The lowest BCUT2D eigenvalue weighted by atomic mass is 10.3. The normalized spacial score (nSPS) is 10.4. The zero-order valence-corrected chi connectivity index (χ0v) is 8.11. The van der Waals surface area contributed by atoms with Crippen LogP contribution in [-0.2, 0) is 6.42 Å². The number of H-pyrrole nitrogens is 1. The second kappa shape index (κ2) is 6.14. The van der Waals surface area contributed by atoms with Crippen LogP contribution in [0.1, 0.15) is 12.1 Å². The lowest BCUT2D eigenvalue weighted by molar-refractivity contribution is 0.670. The zero-order valence-electron chi connectivity index (χ0n) is 7.21. The molecule has 1 heterocycles. The molecule has 12 heavy (non-hydrogen) atoms. The molecule has 1 aromatic rings. The van der Waals surface area contributed by atoms with Gasteiger partial charge in [0.05, 0.1) is 0 Å². The number of hydrogen-bond donors (Lipinski definition) is 3. The van der Waals surface area contributed by atoms with Gasteiger partial charge in [-0.05, 0) is 37.3 Å². The van der Waals surface area contributed by atoms with Gasteiger partial charge in [-0.2, -0.15) is 12.6 Å². The van der Waals surface area contributed by atoms with Gasteiger partial charge in [0.15, 0.2) is 0 Å². The van der Waals surface area contributed by atoms with Crippen molar-refractivity contribution in [2.75, 3.05) is 18.8 Å². The highest BCUT2D eigenvalue weighted by molar-refractivity contribution is 7.80. The lowest BCUT2D eigenvalue weighted by Gasteiger charge is -2.01. The summed E-state index contributed by atoms with van der Waals surface area (Å²) < 4.78 is 0. The van der Waals surface area contributed by atoms with E-state index in [0.29, 0.717) is 0 Å². The Kier molecular flexibility index (Phi) is 4.95. The monoisotopic (exact) mass is 184 g/mol. The Hall–Kier alpha value is -0.410. The fraction of sp³-hybridized carbons (Fsp3) is 0.556. The first-order valence-corrected chi connectivity index (χ1v) is 5.00. The van der Waals surface area contributed by atoms with Crippen LogP contribution in [0.2, 0.25) is 0 Å². The highest BCUT2D eigenvalue weighted by Crippen LogP contribution is 1.93. The van der Waals surface area contributed by atoms with Crippen molar-refractivity contribution < 1.29 is 0 Å². The van der Waals surface area contributed by atoms with E-state index in [-0.39, 0.29) is 0 Å². The minimum absolute atomic E-state index is 0.968. The van der Waals surface area contributed by atoms with E-state index in [9.17, 15) is 0 Å². The summed E-state index contributed by atoms with van der Waals surface area (Å²) in [4.78, 5) is 3.17. The third-order valence-corrected chi connectivity index (χ3v) is 2.06. The molecule has 0 unspecified atom stereocenters. The Morgan fingerprint density at radius 3 is 3.00 bits per heavy atom. The summed E-state index contributed by atoms with van der Waals surface area (Å²) in [5.74, 6) is 0.968. The number of nitrogens with one attached hydrogen (secondary N) is 2. The number of aromatic nitrogens is 1. The van der Waals surface area contributed by atoms with Gasteiger partial charge in [0, 0.05) is 18.4 Å².